The number of sulfone groups is 1. The van der Waals surface area contributed by atoms with Crippen LogP contribution in [0.4, 0.5) is 6.01 Å². The molecule has 0 saturated carbocycles. The summed E-state index contributed by atoms with van der Waals surface area (Å²) in [6.45, 7) is 4.16. The lowest BCUT2D eigenvalue weighted by atomic mass is 10.2. The second kappa shape index (κ2) is 5.69. The minimum atomic E-state index is -3.93. The number of anilines is 1. The number of nitrogens with one attached hydrogen (secondary N) is 1. The average Bonchev–Trinajstić information content (AvgIpc) is 2.84. The average molecular weight is 344 g/mol. The highest BCUT2D eigenvalue weighted by Gasteiger charge is 2.43. The third kappa shape index (κ3) is 2.97. The Morgan fingerprint density at radius 3 is 2.32 bits per heavy atom. The van der Waals surface area contributed by atoms with Crippen LogP contribution in [0.5, 0.6) is 0 Å². The van der Waals surface area contributed by atoms with Gasteiger partial charge in [0.2, 0.25) is 11.8 Å². The minimum Gasteiger partial charge on any atom is -0.408 e. The standard InChI is InChI=1S/C13H14ClN3O4S/c1-8-16-17-12(21-8)15-11(18)13(2,3)22(19,20)10-6-4-9(14)5-7-10/h4-7H,1-3H3,(H,15,17,18). The summed E-state index contributed by atoms with van der Waals surface area (Å²) in [6, 6.07) is 5.45. The monoisotopic (exact) mass is 343 g/mol. The highest BCUT2D eigenvalue weighted by molar-refractivity contribution is 7.93. The smallest absolute Gasteiger partial charge is 0.322 e. The van der Waals surface area contributed by atoms with Gasteiger partial charge in [0.25, 0.3) is 0 Å². The van der Waals surface area contributed by atoms with E-state index in [0.29, 0.717) is 5.02 Å². The highest BCUT2D eigenvalue weighted by Crippen LogP contribution is 2.27. The number of amides is 1. The van der Waals surface area contributed by atoms with Crippen molar-refractivity contribution in [1.82, 2.24) is 10.2 Å². The van der Waals surface area contributed by atoms with E-state index in [1.165, 1.54) is 38.1 Å². The third-order valence-electron chi connectivity index (χ3n) is 3.09. The van der Waals surface area contributed by atoms with Gasteiger partial charge in [0, 0.05) is 11.9 Å². The van der Waals surface area contributed by atoms with Gasteiger partial charge < -0.3 is 4.42 Å². The molecule has 2 aromatic rings. The molecule has 0 atom stereocenters. The molecule has 0 radical (unpaired) electrons. The molecule has 1 aromatic heterocycles. The number of hydrogen-bond acceptors (Lipinski definition) is 6. The van der Waals surface area contributed by atoms with Gasteiger partial charge in [-0.1, -0.05) is 16.7 Å². The lowest BCUT2D eigenvalue weighted by Crippen LogP contribution is -2.44. The van der Waals surface area contributed by atoms with Crippen LogP contribution in [0, 0.1) is 6.92 Å². The summed E-state index contributed by atoms with van der Waals surface area (Å²) in [6.07, 6.45) is 0. The van der Waals surface area contributed by atoms with Crippen molar-refractivity contribution in [1.29, 1.82) is 0 Å². The summed E-state index contributed by atoms with van der Waals surface area (Å²) in [5.41, 5.74) is 0. The molecule has 7 nitrogen and oxygen atoms in total. The molecule has 1 heterocycles. The molecule has 118 valence electrons. The number of aryl methyl sites for hydroxylation is 1. The van der Waals surface area contributed by atoms with Crippen LogP contribution < -0.4 is 5.32 Å². The number of aromatic nitrogens is 2. The van der Waals surface area contributed by atoms with Gasteiger partial charge >= 0.3 is 6.01 Å². The number of nitrogens with zero attached hydrogens (tertiary/aromatic N) is 2. The Morgan fingerprint density at radius 1 is 1.23 bits per heavy atom. The van der Waals surface area contributed by atoms with E-state index in [4.69, 9.17) is 16.0 Å². The highest BCUT2D eigenvalue weighted by atomic mass is 35.5. The molecule has 0 aliphatic rings. The predicted octanol–water partition coefficient (Wildman–Crippen LogP) is 2.22. The van der Waals surface area contributed by atoms with Crippen molar-refractivity contribution >= 4 is 33.4 Å². The first kappa shape index (κ1) is 16.4. The lowest BCUT2D eigenvalue weighted by Gasteiger charge is -2.22. The topological polar surface area (TPSA) is 102 Å². The molecular formula is C13H14ClN3O4S. The third-order valence-corrected chi connectivity index (χ3v) is 5.76. The van der Waals surface area contributed by atoms with Crippen LogP contribution in [0.15, 0.2) is 33.6 Å². The van der Waals surface area contributed by atoms with Crippen molar-refractivity contribution in [3.63, 3.8) is 0 Å². The van der Waals surface area contributed by atoms with Crippen LogP contribution in [0.2, 0.25) is 5.02 Å². The predicted molar refractivity (Wildman–Crippen MR) is 80.4 cm³/mol. The molecule has 0 aliphatic heterocycles. The molecule has 0 spiro atoms. The Labute approximate surface area is 132 Å². The maximum absolute atomic E-state index is 12.6. The first-order valence-electron chi connectivity index (χ1n) is 6.26. The fourth-order valence-electron chi connectivity index (χ4n) is 1.63. The zero-order valence-electron chi connectivity index (χ0n) is 12.1. The summed E-state index contributed by atoms with van der Waals surface area (Å²) < 4.78 is 28.5. The Kier molecular flexibility index (Phi) is 4.25. The van der Waals surface area contributed by atoms with Crippen LogP contribution >= 0.6 is 11.6 Å². The van der Waals surface area contributed by atoms with Crippen LogP contribution in [-0.4, -0.2) is 29.3 Å². The Bertz CT molecular complexity index is 797. The number of hydrogen-bond donors (Lipinski definition) is 1. The molecule has 0 bridgehead atoms. The quantitative estimate of drug-likeness (QED) is 0.913. The maximum Gasteiger partial charge on any atom is 0.322 e. The van der Waals surface area contributed by atoms with Crippen molar-refractivity contribution in [2.24, 2.45) is 0 Å². The van der Waals surface area contributed by atoms with Gasteiger partial charge in [-0.2, -0.15) is 0 Å². The molecular weight excluding hydrogens is 330 g/mol. The van der Waals surface area contributed by atoms with Gasteiger partial charge in [-0.05, 0) is 38.1 Å². The second-order valence-electron chi connectivity index (χ2n) is 5.05. The summed E-state index contributed by atoms with van der Waals surface area (Å²) in [7, 11) is -3.93. The molecule has 1 amide bonds. The van der Waals surface area contributed by atoms with Crippen LogP contribution in [-0.2, 0) is 14.6 Å². The molecule has 9 heteroatoms. The largest absolute Gasteiger partial charge is 0.408 e. The van der Waals surface area contributed by atoms with Gasteiger partial charge in [0.05, 0.1) is 4.90 Å². The number of benzene rings is 1. The van der Waals surface area contributed by atoms with E-state index in [-0.39, 0.29) is 16.8 Å². The zero-order chi connectivity index (χ0) is 16.5. The van der Waals surface area contributed by atoms with Gasteiger partial charge in [-0.25, -0.2) is 8.42 Å². The molecule has 0 unspecified atom stereocenters. The zero-order valence-corrected chi connectivity index (χ0v) is 13.7. The van der Waals surface area contributed by atoms with E-state index in [1.807, 2.05) is 0 Å². The molecule has 1 aromatic carbocycles. The SMILES string of the molecule is Cc1nnc(NC(=O)C(C)(C)S(=O)(=O)c2ccc(Cl)cc2)o1. The van der Waals surface area contributed by atoms with Gasteiger partial charge in [-0.3, -0.25) is 10.1 Å². The summed E-state index contributed by atoms with van der Waals surface area (Å²) >= 11 is 5.75. The van der Waals surface area contributed by atoms with Gasteiger partial charge in [-0.15, -0.1) is 5.10 Å². The minimum absolute atomic E-state index is 0.00115. The van der Waals surface area contributed by atoms with E-state index < -0.39 is 20.5 Å². The van der Waals surface area contributed by atoms with E-state index in [0.717, 1.165) is 0 Å². The van der Waals surface area contributed by atoms with E-state index in [9.17, 15) is 13.2 Å². The van der Waals surface area contributed by atoms with Crippen molar-refractivity contribution in [2.75, 3.05) is 5.32 Å². The number of halogens is 1. The second-order valence-corrected chi connectivity index (χ2v) is 7.98. The van der Waals surface area contributed by atoms with Crippen molar-refractivity contribution < 1.29 is 17.6 Å². The normalized spacial score (nSPS) is 12.2. The Morgan fingerprint density at radius 2 is 1.82 bits per heavy atom. The van der Waals surface area contributed by atoms with Gasteiger partial charge in [0.1, 0.15) is 4.75 Å². The molecule has 0 aliphatic carbocycles. The number of carbonyl (C=O) groups excluding carboxylic acids is 1. The summed E-state index contributed by atoms with van der Waals surface area (Å²) in [5, 5.41) is 9.87. The molecule has 0 fully saturated rings. The van der Waals surface area contributed by atoms with Crippen LogP contribution in [0.3, 0.4) is 0 Å². The number of carbonyl (C=O) groups is 1. The Hall–Kier alpha value is -1.93. The lowest BCUT2D eigenvalue weighted by molar-refractivity contribution is -0.118. The molecule has 0 saturated heterocycles. The van der Waals surface area contributed by atoms with Gasteiger partial charge in [0.15, 0.2) is 9.84 Å². The molecule has 1 N–H and O–H groups in total. The van der Waals surface area contributed by atoms with Crippen molar-refractivity contribution in [2.45, 2.75) is 30.4 Å². The van der Waals surface area contributed by atoms with E-state index in [1.54, 1.807) is 6.92 Å². The first-order chi connectivity index (χ1) is 10.1. The van der Waals surface area contributed by atoms with E-state index in [2.05, 4.69) is 15.5 Å². The van der Waals surface area contributed by atoms with Crippen LogP contribution in [0.25, 0.3) is 0 Å². The fourth-order valence-corrected chi connectivity index (χ4v) is 3.13. The summed E-state index contributed by atoms with van der Waals surface area (Å²) in [5.74, 6) is -0.514. The fraction of sp³-hybridized carbons (Fsp3) is 0.308. The van der Waals surface area contributed by atoms with Crippen molar-refractivity contribution in [3.8, 4) is 0 Å². The van der Waals surface area contributed by atoms with Crippen molar-refractivity contribution in [3.05, 3.63) is 35.2 Å². The Balaban J connectivity index is 2.31. The molecule has 2 rings (SSSR count). The maximum atomic E-state index is 12.6. The van der Waals surface area contributed by atoms with E-state index >= 15 is 0 Å². The van der Waals surface area contributed by atoms with Crippen LogP contribution in [0.1, 0.15) is 19.7 Å². The molecule has 22 heavy (non-hydrogen) atoms. The summed E-state index contributed by atoms with van der Waals surface area (Å²) in [4.78, 5) is 12.3. The number of rotatable bonds is 4. The first-order valence-corrected chi connectivity index (χ1v) is 8.12.